The van der Waals surface area contributed by atoms with Gasteiger partial charge in [0.25, 0.3) is 0 Å². The highest BCUT2D eigenvalue weighted by Gasteiger charge is 2.31. The largest absolute Gasteiger partial charge is 0.389 e. The Hall–Kier alpha value is -0.850. The van der Waals surface area contributed by atoms with Crippen LogP contribution in [0.4, 0.5) is 17.6 Å². The lowest BCUT2D eigenvalue weighted by Gasteiger charge is -2.36. The molecular weight excluding hydrogens is 320 g/mol. The van der Waals surface area contributed by atoms with Gasteiger partial charge in [0.05, 0.1) is 0 Å². The Morgan fingerprint density at radius 3 is 2.41 bits per heavy atom. The number of piperazine rings is 1. The van der Waals surface area contributed by atoms with Crippen LogP contribution in [-0.4, -0.2) is 37.3 Å². The number of nitrogens with zero attached hydrogens (tertiary/aromatic N) is 1. The molecule has 1 heterocycles. The Morgan fingerprint density at radius 2 is 1.86 bits per heavy atom. The van der Waals surface area contributed by atoms with Crippen LogP contribution in [0.15, 0.2) is 18.2 Å². The molecule has 1 saturated heterocycles. The number of alkyl halides is 3. The van der Waals surface area contributed by atoms with Crippen molar-refractivity contribution in [2.24, 2.45) is 0 Å². The van der Waals surface area contributed by atoms with Crippen molar-refractivity contribution in [3.63, 3.8) is 0 Å². The van der Waals surface area contributed by atoms with Crippen molar-refractivity contribution < 1.29 is 17.6 Å². The van der Waals surface area contributed by atoms with Crippen molar-refractivity contribution in [3.8, 4) is 0 Å². The van der Waals surface area contributed by atoms with Crippen molar-refractivity contribution in [2.45, 2.75) is 32.0 Å². The molecule has 0 spiro atoms. The normalized spacial score (nSPS) is 17.9. The van der Waals surface area contributed by atoms with E-state index >= 15 is 0 Å². The molecule has 0 saturated carbocycles. The summed E-state index contributed by atoms with van der Waals surface area (Å²) in [6.07, 6.45) is -4.98. The molecule has 0 bridgehead atoms. The molecular formula is C15H21ClF4N2. The Balaban J connectivity index is 0.00000242. The van der Waals surface area contributed by atoms with Gasteiger partial charge in [0.15, 0.2) is 0 Å². The highest BCUT2D eigenvalue weighted by Crippen LogP contribution is 2.33. The van der Waals surface area contributed by atoms with Crippen molar-refractivity contribution in [3.05, 3.63) is 35.1 Å². The van der Waals surface area contributed by atoms with Crippen molar-refractivity contribution in [1.82, 2.24) is 10.2 Å². The van der Waals surface area contributed by atoms with E-state index in [1.807, 2.05) is 0 Å². The molecule has 2 nitrogen and oxygen atoms in total. The van der Waals surface area contributed by atoms with E-state index in [4.69, 9.17) is 0 Å². The molecule has 1 aromatic rings. The van der Waals surface area contributed by atoms with E-state index in [0.717, 1.165) is 18.7 Å². The van der Waals surface area contributed by atoms with Crippen LogP contribution in [0.1, 0.15) is 30.0 Å². The Morgan fingerprint density at radius 1 is 1.23 bits per heavy atom. The molecule has 1 atom stereocenters. The van der Waals surface area contributed by atoms with Crippen LogP contribution >= 0.6 is 12.4 Å². The molecule has 126 valence electrons. The Kier molecular flexibility index (Phi) is 7.09. The van der Waals surface area contributed by atoms with E-state index in [2.05, 4.69) is 10.2 Å². The highest BCUT2D eigenvalue weighted by atomic mass is 35.5. The van der Waals surface area contributed by atoms with Crippen LogP contribution in [0.2, 0.25) is 0 Å². The summed E-state index contributed by atoms with van der Waals surface area (Å²) in [6, 6.07) is 4.02. The minimum atomic E-state index is -4.17. The zero-order valence-corrected chi connectivity index (χ0v) is 13.2. The molecule has 22 heavy (non-hydrogen) atoms. The maximum atomic E-state index is 13.2. The lowest BCUT2D eigenvalue weighted by Crippen LogP contribution is -2.45. The fourth-order valence-electron chi connectivity index (χ4n) is 2.84. The van der Waals surface area contributed by atoms with Crippen molar-refractivity contribution in [2.75, 3.05) is 26.2 Å². The van der Waals surface area contributed by atoms with Gasteiger partial charge in [0.2, 0.25) is 0 Å². The molecule has 1 fully saturated rings. The lowest BCUT2D eigenvalue weighted by atomic mass is 9.95. The van der Waals surface area contributed by atoms with Gasteiger partial charge < -0.3 is 5.32 Å². The predicted octanol–water partition coefficient (Wildman–Crippen LogP) is 3.84. The molecule has 0 amide bonds. The first-order valence-electron chi connectivity index (χ1n) is 7.14. The number of hydrogen-bond donors (Lipinski definition) is 1. The average Bonchev–Trinajstić information content (AvgIpc) is 2.41. The van der Waals surface area contributed by atoms with Crippen LogP contribution in [0.25, 0.3) is 0 Å². The van der Waals surface area contributed by atoms with Crippen LogP contribution in [0, 0.1) is 12.7 Å². The number of nitrogens with one attached hydrogen (secondary N) is 1. The Labute approximate surface area is 134 Å². The topological polar surface area (TPSA) is 15.3 Å². The molecule has 0 aliphatic carbocycles. The molecule has 7 heteroatoms. The monoisotopic (exact) mass is 340 g/mol. The molecule has 1 aliphatic heterocycles. The zero-order valence-electron chi connectivity index (χ0n) is 12.4. The number of halogens is 5. The van der Waals surface area contributed by atoms with Crippen LogP contribution in [0.5, 0.6) is 0 Å². The van der Waals surface area contributed by atoms with Gasteiger partial charge in [-0.15, -0.1) is 12.4 Å². The quantitative estimate of drug-likeness (QED) is 0.838. The first-order valence-corrected chi connectivity index (χ1v) is 7.14. The second-order valence-electron chi connectivity index (χ2n) is 5.46. The number of aryl methyl sites for hydroxylation is 1. The van der Waals surface area contributed by atoms with E-state index in [9.17, 15) is 17.6 Å². The molecule has 0 unspecified atom stereocenters. The van der Waals surface area contributed by atoms with Crippen molar-refractivity contribution in [1.29, 1.82) is 0 Å². The minimum Gasteiger partial charge on any atom is -0.314 e. The predicted molar refractivity (Wildman–Crippen MR) is 80.9 cm³/mol. The fourth-order valence-corrected chi connectivity index (χ4v) is 2.84. The third-order valence-electron chi connectivity index (χ3n) is 3.88. The standard InChI is InChI=1S/C15H20F4N2.ClH/c1-11-10-12(16)2-3-13(11)14(4-5-15(17,18)19)21-8-6-20-7-9-21;/h2-3,10,14,20H,4-9H2,1H3;1H/t14-;/m1./s1. The van der Waals surface area contributed by atoms with Gasteiger partial charge in [0.1, 0.15) is 5.82 Å². The summed E-state index contributed by atoms with van der Waals surface area (Å²) in [4.78, 5) is 2.06. The van der Waals surface area contributed by atoms with Gasteiger partial charge in [-0.2, -0.15) is 13.2 Å². The maximum Gasteiger partial charge on any atom is 0.389 e. The smallest absolute Gasteiger partial charge is 0.314 e. The minimum absolute atomic E-state index is 0. The van der Waals surface area contributed by atoms with E-state index < -0.39 is 12.6 Å². The average molecular weight is 341 g/mol. The molecule has 1 aliphatic rings. The summed E-state index contributed by atoms with van der Waals surface area (Å²) in [5, 5.41) is 3.19. The summed E-state index contributed by atoms with van der Waals surface area (Å²) in [5.41, 5.74) is 1.50. The van der Waals surface area contributed by atoms with Crippen LogP contribution in [0.3, 0.4) is 0 Å². The molecule has 1 aromatic carbocycles. The van der Waals surface area contributed by atoms with Crippen LogP contribution < -0.4 is 5.32 Å². The lowest BCUT2D eigenvalue weighted by molar-refractivity contribution is -0.138. The summed E-state index contributed by atoms with van der Waals surface area (Å²) in [7, 11) is 0. The van der Waals surface area contributed by atoms with E-state index in [0.29, 0.717) is 18.7 Å². The molecule has 0 aromatic heterocycles. The third kappa shape index (κ3) is 5.41. The summed E-state index contributed by atoms with van der Waals surface area (Å²) < 4.78 is 50.9. The summed E-state index contributed by atoms with van der Waals surface area (Å²) in [6.45, 7) is 4.70. The van der Waals surface area contributed by atoms with Gasteiger partial charge in [-0.25, -0.2) is 4.39 Å². The third-order valence-corrected chi connectivity index (χ3v) is 3.88. The highest BCUT2D eigenvalue weighted by molar-refractivity contribution is 5.85. The molecule has 0 radical (unpaired) electrons. The summed E-state index contributed by atoms with van der Waals surface area (Å²) in [5.74, 6) is -0.355. The number of hydrogen-bond acceptors (Lipinski definition) is 2. The summed E-state index contributed by atoms with van der Waals surface area (Å²) >= 11 is 0. The SMILES string of the molecule is Cc1cc(F)ccc1[C@@H](CCC(F)(F)F)N1CCNCC1.Cl. The second kappa shape index (κ2) is 8.13. The Bertz CT molecular complexity index is 473. The van der Waals surface area contributed by atoms with Crippen molar-refractivity contribution >= 4 is 12.4 Å². The van der Waals surface area contributed by atoms with Gasteiger partial charge >= 0.3 is 6.18 Å². The van der Waals surface area contributed by atoms with Crippen LogP contribution in [-0.2, 0) is 0 Å². The van der Waals surface area contributed by atoms with E-state index in [1.165, 1.54) is 12.1 Å². The molecule has 2 rings (SSSR count). The van der Waals surface area contributed by atoms with E-state index in [1.54, 1.807) is 13.0 Å². The van der Waals surface area contributed by atoms with Gasteiger partial charge in [-0.1, -0.05) is 6.07 Å². The fraction of sp³-hybridized carbons (Fsp3) is 0.600. The number of benzene rings is 1. The van der Waals surface area contributed by atoms with Gasteiger partial charge in [0, 0.05) is 38.6 Å². The van der Waals surface area contributed by atoms with Gasteiger partial charge in [-0.05, 0) is 36.6 Å². The van der Waals surface area contributed by atoms with Gasteiger partial charge in [-0.3, -0.25) is 4.90 Å². The molecule has 1 N–H and O–H groups in total. The first kappa shape index (κ1) is 19.2. The van der Waals surface area contributed by atoms with E-state index in [-0.39, 0.29) is 30.7 Å². The number of rotatable bonds is 4. The second-order valence-corrected chi connectivity index (χ2v) is 5.46. The first-order chi connectivity index (χ1) is 9.87. The maximum absolute atomic E-state index is 13.2. The zero-order chi connectivity index (χ0) is 15.5.